The summed E-state index contributed by atoms with van der Waals surface area (Å²) in [4.78, 5) is 0. The topological polar surface area (TPSA) is 9.23 Å². The van der Waals surface area contributed by atoms with Crippen molar-refractivity contribution in [1.29, 1.82) is 0 Å². The Labute approximate surface area is 164 Å². The number of rotatable bonds is 14. The number of hydrogen-bond donors (Lipinski definition) is 0. The van der Waals surface area contributed by atoms with Crippen LogP contribution in [-0.2, 0) is 6.42 Å². The molecule has 0 radical (unpaired) electrons. The summed E-state index contributed by atoms with van der Waals surface area (Å²) < 4.78 is 7.14. The molecule has 0 aliphatic rings. The molecule has 0 heterocycles. The van der Waals surface area contributed by atoms with Gasteiger partial charge in [-0.25, -0.2) is 0 Å². The molecule has 0 aliphatic heterocycles. The number of benzene rings is 1. The highest BCUT2D eigenvalue weighted by Crippen LogP contribution is 2.28. The van der Waals surface area contributed by atoms with Gasteiger partial charge in [0, 0.05) is 0 Å². The molecule has 0 atom stereocenters. The average Bonchev–Trinajstić information content (AvgIpc) is 2.56. The van der Waals surface area contributed by atoms with Crippen molar-refractivity contribution >= 4 is 22.6 Å². The van der Waals surface area contributed by atoms with Gasteiger partial charge in [-0.15, -0.1) is 0 Å². The third kappa shape index (κ3) is 9.29. The summed E-state index contributed by atoms with van der Waals surface area (Å²) in [5.74, 6) is 1.09. The first kappa shape index (κ1) is 21.8. The second-order valence-electron chi connectivity index (χ2n) is 7.00. The maximum absolute atomic E-state index is 5.87. The molecule has 1 aromatic rings. The van der Waals surface area contributed by atoms with Gasteiger partial charge >= 0.3 is 0 Å². The van der Waals surface area contributed by atoms with E-state index in [-0.39, 0.29) is 0 Å². The van der Waals surface area contributed by atoms with Crippen LogP contribution in [0.1, 0.15) is 95.6 Å². The lowest BCUT2D eigenvalue weighted by Gasteiger charge is -2.12. The highest BCUT2D eigenvalue weighted by Gasteiger charge is 2.07. The molecule has 0 bridgehead atoms. The van der Waals surface area contributed by atoms with Gasteiger partial charge in [-0.05, 0) is 66.0 Å². The maximum atomic E-state index is 5.87. The SMILES string of the molecule is CCCCCCCCCCCCc1cc(C)c(OCCC)c(I)c1. The predicted octanol–water partition coefficient (Wildman–Crippen LogP) is 7.85. The van der Waals surface area contributed by atoms with Crippen LogP contribution < -0.4 is 4.74 Å². The van der Waals surface area contributed by atoms with Crippen LogP contribution in [0.4, 0.5) is 0 Å². The lowest BCUT2D eigenvalue weighted by Crippen LogP contribution is -2.00. The van der Waals surface area contributed by atoms with Crippen LogP contribution >= 0.6 is 22.6 Å². The van der Waals surface area contributed by atoms with Crippen molar-refractivity contribution < 1.29 is 4.74 Å². The molecule has 1 aromatic carbocycles. The zero-order chi connectivity index (χ0) is 17.6. The number of halogens is 1. The Morgan fingerprint density at radius 2 is 1.38 bits per heavy atom. The predicted molar refractivity (Wildman–Crippen MR) is 115 cm³/mol. The first-order chi connectivity index (χ1) is 11.7. The van der Waals surface area contributed by atoms with E-state index in [1.54, 1.807) is 0 Å². The van der Waals surface area contributed by atoms with Crippen LogP contribution in [0.15, 0.2) is 12.1 Å². The number of unbranched alkanes of at least 4 members (excludes halogenated alkanes) is 9. The van der Waals surface area contributed by atoms with Crippen LogP contribution in [-0.4, -0.2) is 6.61 Å². The van der Waals surface area contributed by atoms with Crippen molar-refractivity contribution in [3.05, 3.63) is 26.8 Å². The van der Waals surface area contributed by atoms with E-state index in [0.717, 1.165) is 18.8 Å². The Kier molecular flexibility index (Phi) is 12.7. The molecule has 0 N–H and O–H groups in total. The van der Waals surface area contributed by atoms with Crippen molar-refractivity contribution in [3.63, 3.8) is 0 Å². The molecule has 0 fully saturated rings. The fraction of sp³-hybridized carbons (Fsp3) is 0.727. The molecule has 24 heavy (non-hydrogen) atoms. The highest BCUT2D eigenvalue weighted by atomic mass is 127. The Hall–Kier alpha value is -0.250. The Morgan fingerprint density at radius 3 is 1.92 bits per heavy atom. The number of hydrogen-bond acceptors (Lipinski definition) is 1. The normalized spacial score (nSPS) is 11.0. The lowest BCUT2D eigenvalue weighted by molar-refractivity contribution is 0.313. The van der Waals surface area contributed by atoms with Crippen LogP contribution in [0, 0.1) is 10.5 Å². The molecule has 0 saturated heterocycles. The van der Waals surface area contributed by atoms with Crippen LogP contribution in [0.25, 0.3) is 0 Å². The molecular formula is C22H37IO. The molecule has 1 nitrogen and oxygen atoms in total. The summed E-state index contributed by atoms with van der Waals surface area (Å²) in [6, 6.07) is 4.63. The molecule has 0 unspecified atom stereocenters. The second kappa shape index (κ2) is 14.0. The fourth-order valence-corrected chi connectivity index (χ4v) is 4.13. The van der Waals surface area contributed by atoms with Crippen molar-refractivity contribution in [2.75, 3.05) is 6.61 Å². The first-order valence-corrected chi connectivity index (χ1v) is 11.2. The standard InChI is InChI=1S/C22H37IO/c1-4-6-7-8-9-10-11-12-13-14-15-20-17-19(3)22(21(23)18-20)24-16-5-2/h17-18H,4-16H2,1-3H3. The van der Waals surface area contributed by atoms with Crippen molar-refractivity contribution in [2.24, 2.45) is 0 Å². The summed E-state index contributed by atoms with van der Waals surface area (Å²) >= 11 is 2.42. The molecule has 0 aliphatic carbocycles. The summed E-state index contributed by atoms with van der Waals surface area (Å²) in [7, 11) is 0. The largest absolute Gasteiger partial charge is 0.492 e. The summed E-state index contributed by atoms with van der Waals surface area (Å²) in [5.41, 5.74) is 2.76. The Bertz CT molecular complexity index is 419. The van der Waals surface area contributed by atoms with Crippen molar-refractivity contribution in [1.82, 2.24) is 0 Å². The quantitative estimate of drug-likeness (QED) is 0.210. The monoisotopic (exact) mass is 444 g/mol. The van der Waals surface area contributed by atoms with Gasteiger partial charge in [0.05, 0.1) is 10.2 Å². The van der Waals surface area contributed by atoms with E-state index in [4.69, 9.17) is 4.74 Å². The van der Waals surface area contributed by atoms with Crippen LogP contribution in [0.3, 0.4) is 0 Å². The van der Waals surface area contributed by atoms with E-state index < -0.39 is 0 Å². The minimum atomic E-state index is 0.814. The average molecular weight is 444 g/mol. The van der Waals surface area contributed by atoms with E-state index in [0.29, 0.717) is 0 Å². The zero-order valence-corrected chi connectivity index (χ0v) is 18.3. The molecular weight excluding hydrogens is 407 g/mol. The minimum Gasteiger partial charge on any atom is -0.492 e. The fourth-order valence-electron chi connectivity index (χ4n) is 3.15. The molecule has 0 spiro atoms. The number of aryl methyl sites for hydroxylation is 2. The lowest BCUT2D eigenvalue weighted by atomic mass is 10.0. The van der Waals surface area contributed by atoms with Crippen molar-refractivity contribution in [2.45, 2.75) is 97.8 Å². The van der Waals surface area contributed by atoms with Gasteiger partial charge in [0.25, 0.3) is 0 Å². The third-order valence-corrected chi connectivity index (χ3v) is 5.36. The van der Waals surface area contributed by atoms with Crippen molar-refractivity contribution in [3.8, 4) is 5.75 Å². The Balaban J connectivity index is 2.17. The second-order valence-corrected chi connectivity index (χ2v) is 8.17. The minimum absolute atomic E-state index is 0.814. The molecule has 1 rings (SSSR count). The molecule has 0 amide bonds. The summed E-state index contributed by atoms with van der Waals surface area (Å²) in [6.45, 7) is 7.43. The first-order valence-electron chi connectivity index (χ1n) is 10.1. The van der Waals surface area contributed by atoms with E-state index in [1.807, 2.05) is 0 Å². The van der Waals surface area contributed by atoms with Gasteiger partial charge < -0.3 is 4.74 Å². The van der Waals surface area contributed by atoms with E-state index in [2.05, 4.69) is 55.5 Å². The smallest absolute Gasteiger partial charge is 0.135 e. The maximum Gasteiger partial charge on any atom is 0.135 e. The van der Waals surface area contributed by atoms with E-state index in [1.165, 1.54) is 85.3 Å². The van der Waals surface area contributed by atoms with Crippen LogP contribution in [0.5, 0.6) is 5.75 Å². The summed E-state index contributed by atoms with van der Waals surface area (Å²) in [5, 5.41) is 0. The third-order valence-electron chi connectivity index (χ3n) is 4.56. The molecule has 0 aromatic heterocycles. The molecule has 138 valence electrons. The highest BCUT2D eigenvalue weighted by molar-refractivity contribution is 14.1. The molecule has 2 heteroatoms. The van der Waals surface area contributed by atoms with E-state index >= 15 is 0 Å². The summed E-state index contributed by atoms with van der Waals surface area (Å²) in [6.07, 6.45) is 16.3. The molecule has 0 saturated carbocycles. The van der Waals surface area contributed by atoms with Gasteiger partial charge in [-0.3, -0.25) is 0 Å². The van der Waals surface area contributed by atoms with Gasteiger partial charge in [0.2, 0.25) is 0 Å². The van der Waals surface area contributed by atoms with Gasteiger partial charge in [0.1, 0.15) is 5.75 Å². The Morgan fingerprint density at radius 1 is 0.792 bits per heavy atom. The number of ether oxygens (including phenoxy) is 1. The van der Waals surface area contributed by atoms with Crippen LogP contribution in [0.2, 0.25) is 0 Å². The van der Waals surface area contributed by atoms with Gasteiger partial charge in [0.15, 0.2) is 0 Å². The van der Waals surface area contributed by atoms with E-state index in [9.17, 15) is 0 Å². The zero-order valence-electron chi connectivity index (χ0n) is 16.1. The van der Waals surface area contributed by atoms with Gasteiger partial charge in [-0.2, -0.15) is 0 Å². The van der Waals surface area contributed by atoms with Gasteiger partial charge in [-0.1, -0.05) is 77.7 Å².